The van der Waals surface area contributed by atoms with E-state index in [1.54, 1.807) is 18.0 Å². The molecule has 0 aromatic heterocycles. The van der Waals surface area contributed by atoms with Crippen molar-refractivity contribution in [3.05, 3.63) is 65.2 Å². The zero-order valence-electron chi connectivity index (χ0n) is 17.4. The molecular formula is C24H26N4O3. The van der Waals surface area contributed by atoms with Gasteiger partial charge in [-0.05, 0) is 43.1 Å². The molecule has 0 saturated carbocycles. The average molecular weight is 418 g/mol. The molecule has 2 aromatic rings. The largest absolute Gasteiger partial charge is 0.352 e. The molecule has 160 valence electrons. The molecule has 31 heavy (non-hydrogen) atoms. The molecule has 7 heteroatoms. The highest BCUT2D eigenvalue weighted by Crippen LogP contribution is 2.29. The minimum Gasteiger partial charge on any atom is -0.352 e. The van der Waals surface area contributed by atoms with Gasteiger partial charge in [0, 0.05) is 12.6 Å². The van der Waals surface area contributed by atoms with Gasteiger partial charge < -0.3 is 20.9 Å². The van der Waals surface area contributed by atoms with E-state index in [0.717, 1.165) is 11.1 Å². The molecular weight excluding hydrogens is 392 g/mol. The Hall–Kier alpha value is -3.45. The Bertz CT molecular complexity index is 1020. The van der Waals surface area contributed by atoms with Crippen LogP contribution in [0.1, 0.15) is 34.3 Å². The number of benzene rings is 2. The quantitative estimate of drug-likeness (QED) is 0.649. The summed E-state index contributed by atoms with van der Waals surface area (Å²) >= 11 is 0. The Labute approximate surface area is 181 Å². The predicted molar refractivity (Wildman–Crippen MR) is 120 cm³/mol. The Kier molecular flexibility index (Phi) is 6.13. The van der Waals surface area contributed by atoms with Crippen molar-refractivity contribution < 1.29 is 14.4 Å². The van der Waals surface area contributed by atoms with Crippen LogP contribution in [0, 0.1) is 0 Å². The molecule has 1 saturated heterocycles. The molecule has 0 aliphatic carbocycles. The maximum atomic E-state index is 13.3. The molecule has 2 aliphatic heterocycles. The zero-order valence-corrected chi connectivity index (χ0v) is 17.4. The van der Waals surface area contributed by atoms with Crippen LogP contribution >= 0.6 is 0 Å². The lowest BCUT2D eigenvalue weighted by molar-refractivity contribution is -0.124. The fourth-order valence-corrected chi connectivity index (χ4v) is 4.11. The Morgan fingerprint density at radius 2 is 1.90 bits per heavy atom. The van der Waals surface area contributed by atoms with E-state index in [9.17, 15) is 14.4 Å². The van der Waals surface area contributed by atoms with E-state index in [2.05, 4.69) is 16.0 Å². The zero-order chi connectivity index (χ0) is 21.8. The third-order valence-electron chi connectivity index (χ3n) is 5.67. The normalized spacial score (nSPS) is 20.6. The summed E-state index contributed by atoms with van der Waals surface area (Å²) in [4.78, 5) is 39.7. The predicted octanol–water partition coefficient (Wildman–Crippen LogP) is 2.12. The molecule has 4 rings (SSSR count). The molecule has 7 nitrogen and oxygen atoms in total. The number of hydrogen-bond donors (Lipinski definition) is 3. The summed E-state index contributed by atoms with van der Waals surface area (Å²) in [6.07, 6.45) is 4.97. The molecule has 0 unspecified atom stereocenters. The molecule has 0 spiro atoms. The minimum absolute atomic E-state index is 0.112. The summed E-state index contributed by atoms with van der Waals surface area (Å²) in [5, 5.41) is 8.66. The molecule has 1 fully saturated rings. The van der Waals surface area contributed by atoms with Gasteiger partial charge in [-0.2, -0.15) is 0 Å². The number of hydrogen-bond acceptors (Lipinski definition) is 4. The second kappa shape index (κ2) is 9.14. The number of fused-ring (bicyclic) bond motifs is 2. The van der Waals surface area contributed by atoms with Gasteiger partial charge in [-0.3, -0.25) is 14.4 Å². The molecule has 2 aromatic carbocycles. The Morgan fingerprint density at radius 3 is 2.68 bits per heavy atom. The number of likely N-dealkylation sites (N-methyl/N-ethyl adjacent to an activating group) is 1. The topological polar surface area (TPSA) is 90.5 Å². The highest BCUT2D eigenvalue weighted by molar-refractivity contribution is 6.10. The van der Waals surface area contributed by atoms with E-state index in [-0.39, 0.29) is 30.3 Å². The number of piperidine rings is 1. The molecule has 3 N–H and O–H groups in total. The first-order valence-electron chi connectivity index (χ1n) is 10.5. The summed E-state index contributed by atoms with van der Waals surface area (Å²) < 4.78 is 0. The van der Waals surface area contributed by atoms with Crippen molar-refractivity contribution in [2.75, 3.05) is 25.5 Å². The molecule has 0 bridgehead atoms. The number of anilines is 1. The lowest BCUT2D eigenvalue weighted by atomic mass is 9.96. The second-order valence-electron chi connectivity index (χ2n) is 7.87. The second-order valence-corrected chi connectivity index (χ2v) is 7.87. The summed E-state index contributed by atoms with van der Waals surface area (Å²) in [5.74, 6) is -0.486. The summed E-state index contributed by atoms with van der Waals surface area (Å²) in [7, 11) is 1.71. The van der Waals surface area contributed by atoms with Gasteiger partial charge >= 0.3 is 0 Å². The standard InChI is InChI=1S/C24H26N4O3/c1-25-15-22(29)26-18-11-12-28-21(14-18)23(30)27-20-10-9-17(13-19(20)24(28)31)8-7-16-5-3-2-4-6-16/h2-10,13,18,21,25H,11-12,14-15H2,1H3,(H,26,29)(H,27,30)/b8-7+/t18-,21-/m0/s1. The van der Waals surface area contributed by atoms with Crippen LogP contribution in [0.2, 0.25) is 0 Å². The van der Waals surface area contributed by atoms with E-state index in [1.165, 1.54) is 0 Å². The first-order valence-corrected chi connectivity index (χ1v) is 10.5. The number of carbonyl (C=O) groups excluding carboxylic acids is 3. The minimum atomic E-state index is -0.600. The van der Waals surface area contributed by atoms with Crippen molar-refractivity contribution in [2.45, 2.75) is 24.9 Å². The van der Waals surface area contributed by atoms with Gasteiger partial charge in [0.05, 0.1) is 17.8 Å². The Balaban J connectivity index is 1.53. The number of amides is 3. The fraction of sp³-hybridized carbons (Fsp3) is 0.292. The first-order chi connectivity index (χ1) is 15.0. The summed E-state index contributed by atoms with van der Waals surface area (Å²) in [5.41, 5.74) is 2.97. The van der Waals surface area contributed by atoms with Crippen LogP contribution in [-0.2, 0) is 9.59 Å². The van der Waals surface area contributed by atoms with E-state index < -0.39 is 6.04 Å². The molecule has 0 radical (unpaired) electrons. The van der Waals surface area contributed by atoms with Crippen LogP contribution < -0.4 is 16.0 Å². The smallest absolute Gasteiger partial charge is 0.256 e. The van der Waals surface area contributed by atoms with E-state index in [4.69, 9.17) is 0 Å². The molecule has 2 aliphatic rings. The van der Waals surface area contributed by atoms with Gasteiger partial charge in [0.1, 0.15) is 6.04 Å². The third kappa shape index (κ3) is 4.67. The van der Waals surface area contributed by atoms with Gasteiger partial charge in [0.25, 0.3) is 5.91 Å². The number of nitrogens with zero attached hydrogens (tertiary/aromatic N) is 1. The van der Waals surface area contributed by atoms with Crippen molar-refractivity contribution in [3.8, 4) is 0 Å². The van der Waals surface area contributed by atoms with Crippen LogP contribution in [0.4, 0.5) is 5.69 Å². The van der Waals surface area contributed by atoms with E-state index in [1.807, 2.05) is 54.6 Å². The first kappa shape index (κ1) is 20.8. The van der Waals surface area contributed by atoms with Crippen molar-refractivity contribution in [3.63, 3.8) is 0 Å². The van der Waals surface area contributed by atoms with Gasteiger partial charge in [-0.25, -0.2) is 0 Å². The van der Waals surface area contributed by atoms with Crippen molar-refractivity contribution in [1.82, 2.24) is 15.5 Å². The number of carbonyl (C=O) groups is 3. The van der Waals surface area contributed by atoms with Crippen LogP contribution in [0.15, 0.2) is 48.5 Å². The number of nitrogens with one attached hydrogen (secondary N) is 3. The maximum absolute atomic E-state index is 13.3. The fourth-order valence-electron chi connectivity index (χ4n) is 4.11. The third-order valence-corrected chi connectivity index (χ3v) is 5.67. The molecule has 2 atom stereocenters. The molecule has 2 heterocycles. The van der Waals surface area contributed by atoms with Gasteiger partial charge in [-0.15, -0.1) is 0 Å². The summed E-state index contributed by atoms with van der Waals surface area (Å²) in [6, 6.07) is 14.7. The van der Waals surface area contributed by atoms with E-state index >= 15 is 0 Å². The summed E-state index contributed by atoms with van der Waals surface area (Å²) in [6.45, 7) is 0.645. The van der Waals surface area contributed by atoms with E-state index in [0.29, 0.717) is 30.6 Å². The van der Waals surface area contributed by atoms with Crippen LogP contribution in [0.25, 0.3) is 12.2 Å². The highest BCUT2D eigenvalue weighted by atomic mass is 16.2. The Morgan fingerprint density at radius 1 is 1.13 bits per heavy atom. The SMILES string of the molecule is CNCC(=O)N[C@H]1CCN2C(=O)c3cc(/C=C/c4ccccc4)ccc3NC(=O)[C@@H]2C1. The molecule has 3 amide bonds. The monoisotopic (exact) mass is 418 g/mol. The van der Waals surface area contributed by atoms with Crippen LogP contribution in [-0.4, -0.2) is 54.8 Å². The van der Waals surface area contributed by atoms with Crippen LogP contribution in [0.3, 0.4) is 0 Å². The van der Waals surface area contributed by atoms with Crippen molar-refractivity contribution >= 4 is 35.6 Å². The van der Waals surface area contributed by atoms with Crippen LogP contribution in [0.5, 0.6) is 0 Å². The van der Waals surface area contributed by atoms with Gasteiger partial charge in [0.2, 0.25) is 11.8 Å². The lowest BCUT2D eigenvalue weighted by Crippen LogP contribution is -2.55. The van der Waals surface area contributed by atoms with Gasteiger partial charge in [-0.1, -0.05) is 48.6 Å². The lowest BCUT2D eigenvalue weighted by Gasteiger charge is -2.37. The average Bonchev–Trinajstić information content (AvgIpc) is 2.88. The van der Waals surface area contributed by atoms with Crippen molar-refractivity contribution in [1.29, 1.82) is 0 Å². The number of rotatable bonds is 5. The van der Waals surface area contributed by atoms with Crippen molar-refractivity contribution in [2.24, 2.45) is 0 Å². The highest BCUT2D eigenvalue weighted by Gasteiger charge is 2.40. The maximum Gasteiger partial charge on any atom is 0.256 e. The van der Waals surface area contributed by atoms with Gasteiger partial charge in [0.15, 0.2) is 0 Å².